The van der Waals surface area contributed by atoms with Crippen molar-refractivity contribution in [2.75, 3.05) is 46.9 Å². The molecule has 0 unspecified atom stereocenters. The van der Waals surface area contributed by atoms with Gasteiger partial charge in [-0.25, -0.2) is 0 Å². The number of hydrogen-bond acceptors (Lipinski definition) is 6. The molecule has 2 amide bonds. The first-order chi connectivity index (χ1) is 13.5. The fraction of sp³-hybridized carbons (Fsp3) is 0.474. The van der Waals surface area contributed by atoms with Crippen molar-refractivity contribution in [3.05, 3.63) is 41.9 Å². The molecular weight excluding hydrogens is 360 g/mol. The number of nitrogens with zero attached hydrogens (tertiary/aromatic N) is 6. The van der Waals surface area contributed by atoms with Crippen LogP contribution in [0.15, 0.2) is 30.6 Å². The van der Waals surface area contributed by atoms with Gasteiger partial charge in [-0.05, 0) is 12.1 Å². The van der Waals surface area contributed by atoms with Crippen LogP contribution >= 0.6 is 0 Å². The molecule has 2 aromatic heterocycles. The Balaban J connectivity index is 1.50. The largest absolute Gasteiger partial charge is 0.479 e. The summed E-state index contributed by atoms with van der Waals surface area (Å²) in [7, 11) is 4.80. The normalized spacial score (nSPS) is 14.8. The van der Waals surface area contributed by atoms with Gasteiger partial charge in [-0.15, -0.1) is 5.10 Å². The number of carbonyl (C=O) groups is 2. The quantitative estimate of drug-likeness (QED) is 0.707. The van der Waals surface area contributed by atoms with Gasteiger partial charge in [0, 0.05) is 59.2 Å². The third-order valence-corrected chi connectivity index (χ3v) is 4.77. The lowest BCUT2D eigenvalue weighted by molar-refractivity contribution is -0.133. The number of amides is 2. The van der Waals surface area contributed by atoms with Crippen molar-refractivity contribution in [3.8, 4) is 5.88 Å². The summed E-state index contributed by atoms with van der Waals surface area (Å²) in [6.45, 7) is 3.67. The van der Waals surface area contributed by atoms with Crippen LogP contribution in [0.4, 0.5) is 0 Å². The zero-order valence-electron chi connectivity index (χ0n) is 16.5. The zero-order chi connectivity index (χ0) is 20.1. The minimum atomic E-state index is -0.285. The Bertz CT molecular complexity index is 814. The molecule has 0 spiro atoms. The number of hydrogen-bond donors (Lipinski definition) is 0. The predicted octanol–water partition coefficient (Wildman–Crippen LogP) is 0.240. The number of carbonyl (C=O) groups excluding carboxylic acids is 2. The molecule has 2 aromatic rings. The van der Waals surface area contributed by atoms with Crippen molar-refractivity contribution < 1.29 is 14.3 Å². The maximum atomic E-state index is 12.6. The van der Waals surface area contributed by atoms with Crippen LogP contribution in [-0.2, 0) is 18.4 Å². The van der Waals surface area contributed by atoms with Crippen molar-refractivity contribution >= 4 is 11.8 Å². The SMILES string of the molecule is COc1nn(C)cc1C(=O)N(C)CC(=O)N1CCN(Cc2ccccn2)CC1. The fourth-order valence-corrected chi connectivity index (χ4v) is 3.22. The van der Waals surface area contributed by atoms with Gasteiger partial charge >= 0.3 is 0 Å². The molecule has 3 heterocycles. The van der Waals surface area contributed by atoms with E-state index in [-0.39, 0.29) is 24.2 Å². The summed E-state index contributed by atoms with van der Waals surface area (Å²) in [5, 5.41) is 4.09. The van der Waals surface area contributed by atoms with Crippen molar-refractivity contribution in [3.63, 3.8) is 0 Å². The van der Waals surface area contributed by atoms with Gasteiger partial charge in [-0.1, -0.05) is 6.07 Å². The Hall–Kier alpha value is -2.94. The number of piperazine rings is 1. The highest BCUT2D eigenvalue weighted by molar-refractivity contribution is 5.98. The molecular formula is C19H26N6O3. The van der Waals surface area contributed by atoms with Gasteiger partial charge in [0.2, 0.25) is 11.8 Å². The van der Waals surface area contributed by atoms with Crippen LogP contribution < -0.4 is 4.74 Å². The lowest BCUT2D eigenvalue weighted by atomic mass is 10.2. The second kappa shape index (κ2) is 8.83. The molecule has 0 N–H and O–H groups in total. The zero-order valence-corrected chi connectivity index (χ0v) is 16.5. The monoisotopic (exact) mass is 386 g/mol. The number of ether oxygens (including phenoxy) is 1. The third-order valence-electron chi connectivity index (χ3n) is 4.77. The summed E-state index contributed by atoms with van der Waals surface area (Å²) in [5.41, 5.74) is 1.37. The molecule has 3 rings (SSSR count). The highest BCUT2D eigenvalue weighted by Crippen LogP contribution is 2.17. The summed E-state index contributed by atoms with van der Waals surface area (Å²) >= 11 is 0. The standard InChI is InChI=1S/C19H26N6O3/c1-22(19(27)16-13-23(2)21-18(16)28-3)14-17(26)25-10-8-24(9-11-25)12-15-6-4-5-7-20-15/h4-7,13H,8-12,14H2,1-3H3. The van der Waals surface area contributed by atoms with Crippen molar-refractivity contribution in [2.24, 2.45) is 7.05 Å². The van der Waals surface area contributed by atoms with E-state index in [0.717, 1.165) is 25.3 Å². The highest BCUT2D eigenvalue weighted by Gasteiger charge is 2.26. The van der Waals surface area contributed by atoms with E-state index in [1.165, 1.54) is 16.7 Å². The summed E-state index contributed by atoms with van der Waals surface area (Å²) in [4.78, 5) is 35.1. The summed E-state index contributed by atoms with van der Waals surface area (Å²) in [6, 6.07) is 5.88. The number of rotatable bonds is 6. The molecule has 1 saturated heterocycles. The van der Waals surface area contributed by atoms with Gasteiger partial charge in [-0.3, -0.25) is 24.2 Å². The first kappa shape index (κ1) is 19.8. The van der Waals surface area contributed by atoms with E-state index in [1.54, 1.807) is 31.4 Å². The topological polar surface area (TPSA) is 83.8 Å². The van der Waals surface area contributed by atoms with Gasteiger partial charge in [0.25, 0.3) is 5.91 Å². The fourth-order valence-electron chi connectivity index (χ4n) is 3.22. The van der Waals surface area contributed by atoms with Crippen LogP contribution in [-0.4, -0.2) is 88.2 Å². The Morgan fingerprint density at radius 2 is 1.96 bits per heavy atom. The number of aryl methyl sites for hydroxylation is 1. The maximum Gasteiger partial charge on any atom is 0.261 e. The average Bonchev–Trinajstić information content (AvgIpc) is 3.09. The van der Waals surface area contributed by atoms with Gasteiger partial charge in [0.15, 0.2) is 0 Å². The van der Waals surface area contributed by atoms with Crippen LogP contribution in [0.5, 0.6) is 5.88 Å². The molecule has 1 aliphatic rings. The third kappa shape index (κ3) is 4.66. The number of aromatic nitrogens is 3. The van der Waals surface area contributed by atoms with E-state index in [2.05, 4.69) is 15.0 Å². The Labute approximate surface area is 164 Å². The van der Waals surface area contributed by atoms with E-state index >= 15 is 0 Å². The van der Waals surface area contributed by atoms with Crippen LogP contribution in [0.2, 0.25) is 0 Å². The van der Waals surface area contributed by atoms with E-state index in [4.69, 9.17) is 4.74 Å². The molecule has 28 heavy (non-hydrogen) atoms. The lowest BCUT2D eigenvalue weighted by Gasteiger charge is -2.35. The van der Waals surface area contributed by atoms with Gasteiger partial charge in [0.05, 0.1) is 19.3 Å². The van der Waals surface area contributed by atoms with E-state index in [0.29, 0.717) is 18.7 Å². The summed E-state index contributed by atoms with van der Waals surface area (Å²) in [5.74, 6) is -0.0850. The van der Waals surface area contributed by atoms with E-state index in [1.807, 2.05) is 18.2 Å². The van der Waals surface area contributed by atoms with Crippen LogP contribution in [0.25, 0.3) is 0 Å². The summed E-state index contributed by atoms with van der Waals surface area (Å²) < 4.78 is 6.65. The van der Waals surface area contributed by atoms with E-state index in [9.17, 15) is 9.59 Å². The molecule has 9 nitrogen and oxygen atoms in total. The second-order valence-corrected chi connectivity index (χ2v) is 6.86. The van der Waals surface area contributed by atoms with Crippen LogP contribution in [0.1, 0.15) is 16.1 Å². The van der Waals surface area contributed by atoms with Crippen LogP contribution in [0.3, 0.4) is 0 Å². The Kier molecular flexibility index (Phi) is 6.25. The molecule has 9 heteroatoms. The first-order valence-corrected chi connectivity index (χ1v) is 9.21. The van der Waals surface area contributed by atoms with Crippen LogP contribution in [0, 0.1) is 0 Å². The molecule has 0 saturated carbocycles. The smallest absolute Gasteiger partial charge is 0.261 e. The molecule has 150 valence electrons. The molecule has 1 fully saturated rings. The molecule has 1 aliphatic heterocycles. The van der Waals surface area contributed by atoms with Crippen molar-refractivity contribution in [2.45, 2.75) is 6.54 Å². The minimum absolute atomic E-state index is 0.0249. The van der Waals surface area contributed by atoms with Crippen molar-refractivity contribution in [1.29, 1.82) is 0 Å². The first-order valence-electron chi connectivity index (χ1n) is 9.21. The number of likely N-dealkylation sites (N-methyl/N-ethyl adjacent to an activating group) is 1. The maximum absolute atomic E-state index is 12.6. The van der Waals surface area contributed by atoms with Gasteiger partial charge in [0.1, 0.15) is 5.56 Å². The van der Waals surface area contributed by atoms with Gasteiger partial charge in [-0.2, -0.15) is 0 Å². The molecule has 0 aliphatic carbocycles. The molecule has 0 radical (unpaired) electrons. The van der Waals surface area contributed by atoms with Gasteiger partial charge < -0.3 is 14.5 Å². The average molecular weight is 386 g/mol. The number of pyridine rings is 1. The number of methoxy groups -OCH3 is 1. The lowest BCUT2D eigenvalue weighted by Crippen LogP contribution is -2.51. The minimum Gasteiger partial charge on any atom is -0.479 e. The van der Waals surface area contributed by atoms with Crippen molar-refractivity contribution in [1.82, 2.24) is 29.5 Å². The molecule has 0 aromatic carbocycles. The summed E-state index contributed by atoms with van der Waals surface area (Å²) in [6.07, 6.45) is 3.39. The predicted molar refractivity (Wildman–Crippen MR) is 103 cm³/mol. The highest BCUT2D eigenvalue weighted by atomic mass is 16.5. The van der Waals surface area contributed by atoms with E-state index < -0.39 is 0 Å². The molecule has 0 atom stereocenters. The Morgan fingerprint density at radius 3 is 2.61 bits per heavy atom. The second-order valence-electron chi connectivity index (χ2n) is 6.86. The molecule has 0 bridgehead atoms. The Morgan fingerprint density at radius 1 is 1.21 bits per heavy atom.